The monoisotopic (exact) mass is 524 g/mol. The SMILES string of the molecule is O=C(O)c1ccc(-c2cnn(-c3nc(NC4CCOC4)c4ncn([C@@H]5O[C@H](CO)[C@@H](O)[C@H]5O)c4n3)c2)nc1. The first-order valence-electron chi connectivity index (χ1n) is 11.9. The second-order valence-corrected chi connectivity index (χ2v) is 9.04. The van der Waals surface area contributed by atoms with Crippen molar-refractivity contribution in [3.05, 3.63) is 42.6 Å². The van der Waals surface area contributed by atoms with Gasteiger partial charge in [0.15, 0.2) is 23.2 Å². The van der Waals surface area contributed by atoms with E-state index in [1.807, 2.05) is 0 Å². The Labute approximate surface area is 214 Å². The maximum absolute atomic E-state index is 11.1. The summed E-state index contributed by atoms with van der Waals surface area (Å²) < 4.78 is 14.1. The number of carboxylic acid groups (broad SMARTS) is 1. The molecule has 0 saturated carbocycles. The van der Waals surface area contributed by atoms with Crippen molar-refractivity contribution in [2.24, 2.45) is 0 Å². The van der Waals surface area contributed by atoms with Crippen LogP contribution in [0.3, 0.4) is 0 Å². The van der Waals surface area contributed by atoms with Crippen LogP contribution in [0.15, 0.2) is 37.1 Å². The van der Waals surface area contributed by atoms with Gasteiger partial charge in [-0.05, 0) is 18.6 Å². The number of aromatic nitrogens is 7. The molecular formula is C23H24N8O7. The van der Waals surface area contributed by atoms with Crippen molar-refractivity contribution in [1.82, 2.24) is 34.3 Å². The number of carbonyl (C=O) groups is 1. The molecule has 0 amide bonds. The van der Waals surface area contributed by atoms with Gasteiger partial charge in [-0.3, -0.25) is 9.55 Å². The zero-order valence-corrected chi connectivity index (χ0v) is 19.8. The minimum Gasteiger partial charge on any atom is -0.478 e. The van der Waals surface area contributed by atoms with Crippen molar-refractivity contribution in [1.29, 1.82) is 0 Å². The van der Waals surface area contributed by atoms with E-state index in [4.69, 9.17) is 14.6 Å². The summed E-state index contributed by atoms with van der Waals surface area (Å²) in [4.78, 5) is 29.0. The predicted octanol–water partition coefficient (Wildman–Crippen LogP) is -0.415. The van der Waals surface area contributed by atoms with E-state index in [0.717, 1.165) is 6.42 Å². The number of fused-ring (bicyclic) bond motifs is 1. The highest BCUT2D eigenvalue weighted by Gasteiger charge is 2.44. The number of nitrogens with zero attached hydrogens (tertiary/aromatic N) is 7. The summed E-state index contributed by atoms with van der Waals surface area (Å²) in [6.07, 6.45) is 2.07. The summed E-state index contributed by atoms with van der Waals surface area (Å²) >= 11 is 0. The first-order chi connectivity index (χ1) is 18.4. The molecule has 2 aliphatic heterocycles. The molecule has 4 aromatic rings. The molecule has 5 atom stereocenters. The van der Waals surface area contributed by atoms with E-state index >= 15 is 0 Å². The Hall–Kier alpha value is -4.02. The number of hydrogen-bond acceptors (Lipinski definition) is 12. The molecule has 6 rings (SSSR count). The van der Waals surface area contributed by atoms with E-state index in [0.29, 0.717) is 41.5 Å². The molecule has 6 heterocycles. The van der Waals surface area contributed by atoms with E-state index in [9.17, 15) is 20.1 Å². The smallest absolute Gasteiger partial charge is 0.337 e. The van der Waals surface area contributed by atoms with Crippen LogP contribution in [-0.4, -0.2) is 105 Å². The maximum Gasteiger partial charge on any atom is 0.337 e. The van der Waals surface area contributed by atoms with Crippen molar-refractivity contribution in [2.75, 3.05) is 25.1 Å². The van der Waals surface area contributed by atoms with Gasteiger partial charge >= 0.3 is 5.97 Å². The van der Waals surface area contributed by atoms with Gasteiger partial charge in [-0.1, -0.05) is 0 Å². The zero-order valence-electron chi connectivity index (χ0n) is 19.8. The minimum absolute atomic E-state index is 0.00476. The van der Waals surface area contributed by atoms with E-state index in [2.05, 4.69) is 30.4 Å². The van der Waals surface area contributed by atoms with E-state index in [1.165, 1.54) is 27.8 Å². The van der Waals surface area contributed by atoms with Crippen molar-refractivity contribution in [3.8, 4) is 17.2 Å². The minimum atomic E-state index is -1.32. The van der Waals surface area contributed by atoms with E-state index in [-0.39, 0.29) is 17.6 Å². The second kappa shape index (κ2) is 9.70. The Bertz CT molecular complexity index is 1470. The molecule has 15 nitrogen and oxygen atoms in total. The number of aliphatic hydroxyl groups is 3. The van der Waals surface area contributed by atoms with Gasteiger partial charge in [0.05, 0.1) is 43.0 Å². The largest absolute Gasteiger partial charge is 0.478 e. The van der Waals surface area contributed by atoms with Crippen LogP contribution in [0, 0.1) is 0 Å². The lowest BCUT2D eigenvalue weighted by Crippen LogP contribution is -2.33. The molecule has 38 heavy (non-hydrogen) atoms. The highest BCUT2D eigenvalue weighted by molar-refractivity contribution is 5.87. The molecule has 2 fully saturated rings. The Morgan fingerprint density at radius 1 is 1.16 bits per heavy atom. The number of pyridine rings is 1. The standard InChI is InChI=1S/C23H24N8O7/c32-8-15-17(33)18(34)21(38-15)30-10-25-16-19(27-13-3-4-37-9-13)28-23(29-20(16)30)31-7-12(6-26-31)14-2-1-11(5-24-14)22(35)36/h1-2,5-7,10,13,15,17-18,21,32-34H,3-4,8-9H2,(H,35,36)(H,27,28,29)/t13?,15-,17-,18-,21-/m1/s1. The third-order valence-electron chi connectivity index (χ3n) is 6.57. The molecule has 0 spiro atoms. The first-order valence-corrected chi connectivity index (χ1v) is 11.9. The topological polar surface area (TPSA) is 203 Å². The molecule has 4 aromatic heterocycles. The highest BCUT2D eigenvalue weighted by atomic mass is 16.6. The number of nitrogens with one attached hydrogen (secondary N) is 1. The van der Waals surface area contributed by atoms with Gasteiger partial charge in [-0.15, -0.1) is 0 Å². The van der Waals surface area contributed by atoms with Gasteiger partial charge in [0.25, 0.3) is 5.95 Å². The van der Waals surface area contributed by atoms with Crippen LogP contribution >= 0.6 is 0 Å². The fourth-order valence-electron chi connectivity index (χ4n) is 4.50. The lowest BCUT2D eigenvalue weighted by Gasteiger charge is -2.17. The van der Waals surface area contributed by atoms with Gasteiger partial charge in [-0.25, -0.2) is 14.5 Å². The fourth-order valence-corrected chi connectivity index (χ4v) is 4.50. The number of aliphatic hydroxyl groups excluding tert-OH is 3. The average molecular weight is 524 g/mol. The maximum atomic E-state index is 11.1. The van der Waals surface area contributed by atoms with Gasteiger partial charge in [0.2, 0.25) is 0 Å². The van der Waals surface area contributed by atoms with Crippen molar-refractivity contribution < 1.29 is 34.7 Å². The summed E-state index contributed by atoms with van der Waals surface area (Å²) in [5, 5.41) is 47.2. The van der Waals surface area contributed by atoms with Crippen molar-refractivity contribution in [2.45, 2.75) is 37.0 Å². The first kappa shape index (κ1) is 24.3. The second-order valence-electron chi connectivity index (χ2n) is 9.04. The van der Waals surface area contributed by atoms with Crippen molar-refractivity contribution in [3.63, 3.8) is 0 Å². The Morgan fingerprint density at radius 3 is 2.71 bits per heavy atom. The van der Waals surface area contributed by atoms with Crippen LogP contribution in [0.25, 0.3) is 28.4 Å². The third-order valence-corrected chi connectivity index (χ3v) is 6.57. The Kier molecular flexibility index (Phi) is 6.21. The van der Waals surface area contributed by atoms with Crippen LogP contribution < -0.4 is 5.32 Å². The summed E-state index contributed by atoms with van der Waals surface area (Å²) in [5.41, 5.74) is 1.92. The Balaban J connectivity index is 1.40. The number of ether oxygens (including phenoxy) is 2. The van der Waals surface area contributed by atoms with Gasteiger partial charge in [0, 0.05) is 24.6 Å². The number of carboxylic acids is 1. The van der Waals surface area contributed by atoms with Gasteiger partial charge < -0.3 is 35.2 Å². The number of rotatable bonds is 7. The molecule has 2 aliphatic rings. The van der Waals surface area contributed by atoms with Gasteiger partial charge in [0.1, 0.15) is 18.3 Å². The van der Waals surface area contributed by atoms with Gasteiger partial charge in [-0.2, -0.15) is 15.1 Å². The van der Waals surface area contributed by atoms with Crippen LogP contribution in [0.4, 0.5) is 5.82 Å². The van der Waals surface area contributed by atoms with Crippen LogP contribution in [-0.2, 0) is 9.47 Å². The molecule has 1 unspecified atom stereocenters. The third kappa shape index (κ3) is 4.25. The Morgan fingerprint density at radius 2 is 2.03 bits per heavy atom. The number of aromatic carboxylic acids is 1. The summed E-state index contributed by atoms with van der Waals surface area (Å²) in [5.74, 6) is -0.465. The summed E-state index contributed by atoms with van der Waals surface area (Å²) in [6.45, 7) is 0.653. The molecule has 5 N–H and O–H groups in total. The lowest BCUT2D eigenvalue weighted by molar-refractivity contribution is -0.0511. The molecule has 0 aliphatic carbocycles. The molecule has 2 saturated heterocycles. The number of hydrogen-bond donors (Lipinski definition) is 5. The molecular weight excluding hydrogens is 500 g/mol. The lowest BCUT2D eigenvalue weighted by atomic mass is 10.1. The van der Waals surface area contributed by atoms with Crippen LogP contribution in [0.2, 0.25) is 0 Å². The number of imidazole rings is 1. The predicted molar refractivity (Wildman–Crippen MR) is 128 cm³/mol. The zero-order chi connectivity index (χ0) is 26.4. The van der Waals surface area contributed by atoms with E-state index < -0.39 is 37.1 Å². The summed E-state index contributed by atoms with van der Waals surface area (Å²) in [6, 6.07) is 3.04. The van der Waals surface area contributed by atoms with Crippen LogP contribution in [0.1, 0.15) is 23.0 Å². The fraction of sp³-hybridized carbons (Fsp3) is 0.391. The molecule has 0 bridgehead atoms. The van der Waals surface area contributed by atoms with Crippen LogP contribution in [0.5, 0.6) is 0 Å². The average Bonchev–Trinajstić information content (AvgIpc) is 3.72. The molecule has 0 radical (unpaired) electrons. The van der Waals surface area contributed by atoms with E-state index in [1.54, 1.807) is 18.5 Å². The quantitative estimate of drug-likeness (QED) is 0.209. The molecule has 0 aromatic carbocycles. The highest BCUT2D eigenvalue weighted by Crippen LogP contribution is 2.33. The molecule has 15 heteroatoms. The number of anilines is 1. The molecule has 198 valence electrons. The van der Waals surface area contributed by atoms with Crippen molar-refractivity contribution >= 4 is 23.0 Å². The normalized spacial score (nSPS) is 25.3. The summed E-state index contributed by atoms with van der Waals surface area (Å²) in [7, 11) is 0.